The van der Waals surface area contributed by atoms with Crippen LogP contribution in [0.25, 0.3) is 54.2 Å². The zero-order valence-corrected chi connectivity index (χ0v) is 26.5. The number of nitrogens with zero attached hydrogens (tertiary/aromatic N) is 1. The Kier molecular flexibility index (Phi) is 6.18. The van der Waals surface area contributed by atoms with Gasteiger partial charge in [-0.3, -0.25) is 0 Å². The van der Waals surface area contributed by atoms with Crippen LogP contribution in [-0.2, 0) is 0 Å². The third kappa shape index (κ3) is 4.44. The molecule has 230 valence electrons. The van der Waals surface area contributed by atoms with Crippen LogP contribution in [0.3, 0.4) is 0 Å². The Morgan fingerprint density at radius 1 is 0.347 bits per heavy atom. The number of fused-ring (bicyclic) bond motifs is 7. The Morgan fingerprint density at radius 3 is 1.61 bits per heavy atom. The molecule has 0 bridgehead atoms. The molecule has 49 heavy (non-hydrogen) atoms. The molecule has 9 aromatic carbocycles. The topological polar surface area (TPSA) is 21.7 Å². The van der Waals surface area contributed by atoms with Gasteiger partial charge >= 0.3 is 0 Å². The normalized spacial score (nSPS) is 12.0. The Bertz CT molecular complexity index is 2690. The van der Waals surface area contributed by atoms with Crippen LogP contribution in [0, 0.1) is 0 Å². The van der Waals surface area contributed by atoms with Gasteiger partial charge in [-0.1, -0.05) is 127 Å². The van der Waals surface area contributed by atoms with Gasteiger partial charge in [0.15, 0.2) is 11.5 Å². The minimum atomic E-state index is 0.667. The number of hydrogen-bond donors (Lipinski definition) is 0. The highest BCUT2D eigenvalue weighted by Crippen LogP contribution is 2.49. The summed E-state index contributed by atoms with van der Waals surface area (Å²) in [6, 6.07) is 62.0. The summed E-state index contributed by atoms with van der Waals surface area (Å²) in [7, 11) is 0. The van der Waals surface area contributed by atoms with Crippen LogP contribution in [0.5, 0.6) is 23.0 Å². The van der Waals surface area contributed by atoms with Crippen LogP contribution in [0.1, 0.15) is 0 Å². The second-order valence-electron chi connectivity index (χ2n) is 12.5. The molecule has 10 rings (SSSR count). The van der Waals surface area contributed by atoms with E-state index in [4.69, 9.17) is 9.47 Å². The number of rotatable bonds is 4. The summed E-state index contributed by atoms with van der Waals surface area (Å²) < 4.78 is 13.2. The molecule has 0 radical (unpaired) electrons. The largest absolute Gasteiger partial charge is 0.453 e. The maximum atomic E-state index is 6.68. The van der Waals surface area contributed by atoms with E-state index in [0.717, 1.165) is 50.5 Å². The Balaban J connectivity index is 1.22. The van der Waals surface area contributed by atoms with E-state index in [-0.39, 0.29) is 0 Å². The predicted octanol–water partition coefficient (Wildman–Crippen LogP) is 13.3. The number of benzene rings is 9. The van der Waals surface area contributed by atoms with E-state index >= 15 is 0 Å². The lowest BCUT2D eigenvalue weighted by Gasteiger charge is -2.29. The predicted molar refractivity (Wildman–Crippen MR) is 203 cm³/mol. The molecule has 0 saturated carbocycles. The zero-order chi connectivity index (χ0) is 32.3. The van der Waals surface area contributed by atoms with E-state index in [2.05, 4.69) is 150 Å². The van der Waals surface area contributed by atoms with Crippen LogP contribution in [-0.4, -0.2) is 0 Å². The van der Waals surface area contributed by atoms with E-state index in [0.29, 0.717) is 11.5 Å². The van der Waals surface area contributed by atoms with E-state index in [1.807, 2.05) is 30.3 Å². The summed E-state index contributed by atoms with van der Waals surface area (Å²) >= 11 is 0. The summed E-state index contributed by atoms with van der Waals surface area (Å²) in [5.74, 6) is 2.92. The molecule has 1 heterocycles. The number of anilines is 3. The monoisotopic (exact) mass is 627 g/mol. The lowest BCUT2D eigenvalue weighted by molar-refractivity contribution is 0.439. The van der Waals surface area contributed by atoms with Crippen molar-refractivity contribution in [3.63, 3.8) is 0 Å². The molecule has 0 fully saturated rings. The Morgan fingerprint density at radius 2 is 0.898 bits per heavy atom. The molecule has 0 atom stereocenters. The number of para-hydroxylation sites is 1. The van der Waals surface area contributed by atoms with E-state index < -0.39 is 0 Å². The van der Waals surface area contributed by atoms with Gasteiger partial charge < -0.3 is 14.4 Å². The first kappa shape index (κ1) is 27.5. The van der Waals surface area contributed by atoms with Gasteiger partial charge in [-0.2, -0.15) is 0 Å². The average Bonchev–Trinajstić information content (AvgIpc) is 3.33. The molecular formula is C46H29NO2. The molecule has 1 aliphatic rings. The summed E-state index contributed by atoms with van der Waals surface area (Å²) in [5, 5.41) is 9.51. The summed E-state index contributed by atoms with van der Waals surface area (Å²) in [6.07, 6.45) is 0. The van der Waals surface area contributed by atoms with Crippen molar-refractivity contribution in [3.05, 3.63) is 176 Å². The Hall–Kier alpha value is -6.58. The first-order chi connectivity index (χ1) is 24.3. The molecule has 1 aliphatic heterocycles. The van der Waals surface area contributed by atoms with Crippen molar-refractivity contribution in [2.75, 3.05) is 4.90 Å². The fourth-order valence-electron chi connectivity index (χ4n) is 7.47. The third-order valence-corrected chi connectivity index (χ3v) is 9.67. The summed E-state index contributed by atoms with van der Waals surface area (Å²) in [4.78, 5) is 2.34. The highest BCUT2D eigenvalue weighted by atomic mass is 16.5. The van der Waals surface area contributed by atoms with Gasteiger partial charge in [0.1, 0.15) is 11.5 Å². The van der Waals surface area contributed by atoms with Gasteiger partial charge in [0.2, 0.25) is 0 Å². The van der Waals surface area contributed by atoms with Crippen LogP contribution in [0.2, 0.25) is 0 Å². The van der Waals surface area contributed by atoms with Crippen molar-refractivity contribution < 1.29 is 9.47 Å². The maximum Gasteiger partial charge on any atom is 0.172 e. The van der Waals surface area contributed by atoms with Crippen LogP contribution >= 0.6 is 0 Å². The van der Waals surface area contributed by atoms with Crippen molar-refractivity contribution in [1.82, 2.24) is 0 Å². The Labute approximate surface area is 283 Å². The van der Waals surface area contributed by atoms with Gasteiger partial charge in [0.25, 0.3) is 0 Å². The molecule has 3 nitrogen and oxygen atoms in total. The molecular weight excluding hydrogens is 599 g/mol. The fraction of sp³-hybridized carbons (Fsp3) is 0. The summed E-state index contributed by atoms with van der Waals surface area (Å²) in [6.45, 7) is 0. The first-order valence-electron chi connectivity index (χ1n) is 16.6. The molecule has 0 N–H and O–H groups in total. The minimum absolute atomic E-state index is 0.667. The van der Waals surface area contributed by atoms with Crippen molar-refractivity contribution in [1.29, 1.82) is 0 Å². The van der Waals surface area contributed by atoms with E-state index in [1.54, 1.807) is 0 Å². The molecule has 0 amide bonds. The molecule has 0 saturated heterocycles. The van der Waals surface area contributed by atoms with Gasteiger partial charge in [0.05, 0.1) is 16.8 Å². The highest BCUT2D eigenvalue weighted by molar-refractivity contribution is 6.25. The maximum absolute atomic E-state index is 6.68. The second kappa shape index (κ2) is 11.0. The zero-order valence-electron chi connectivity index (χ0n) is 26.5. The molecule has 0 spiro atoms. The van der Waals surface area contributed by atoms with Crippen molar-refractivity contribution in [2.24, 2.45) is 0 Å². The van der Waals surface area contributed by atoms with E-state index in [9.17, 15) is 0 Å². The smallest absolute Gasteiger partial charge is 0.172 e. The minimum Gasteiger partial charge on any atom is -0.453 e. The van der Waals surface area contributed by atoms with Crippen molar-refractivity contribution in [2.45, 2.75) is 0 Å². The SMILES string of the molecule is c1ccc(-c2ccccc2N(c2ccc3c(c2)Oc2cccc4cccc(c24)O3)c2ccc3c4ccccc4c4ccccc4c3c2)cc1. The van der Waals surface area contributed by atoms with Gasteiger partial charge in [0, 0.05) is 17.3 Å². The van der Waals surface area contributed by atoms with Gasteiger partial charge in [-0.05, 0) is 85.7 Å². The lowest BCUT2D eigenvalue weighted by atomic mass is 9.93. The molecule has 3 heteroatoms. The molecule has 0 aromatic heterocycles. The quantitative estimate of drug-likeness (QED) is 0.181. The first-order valence-corrected chi connectivity index (χ1v) is 16.6. The van der Waals surface area contributed by atoms with Crippen LogP contribution in [0.4, 0.5) is 17.1 Å². The van der Waals surface area contributed by atoms with Crippen LogP contribution in [0.15, 0.2) is 176 Å². The van der Waals surface area contributed by atoms with Crippen LogP contribution < -0.4 is 14.4 Å². The molecule has 9 aromatic rings. The number of ether oxygens (including phenoxy) is 2. The average molecular weight is 628 g/mol. The second-order valence-corrected chi connectivity index (χ2v) is 12.5. The third-order valence-electron chi connectivity index (χ3n) is 9.67. The summed E-state index contributed by atoms with van der Waals surface area (Å²) in [5.41, 5.74) is 5.37. The molecule has 0 unspecified atom stereocenters. The molecule has 0 aliphatic carbocycles. The highest BCUT2D eigenvalue weighted by Gasteiger charge is 2.23. The van der Waals surface area contributed by atoms with Crippen molar-refractivity contribution >= 4 is 60.2 Å². The van der Waals surface area contributed by atoms with E-state index in [1.165, 1.54) is 32.3 Å². The fourth-order valence-corrected chi connectivity index (χ4v) is 7.47. The van der Waals surface area contributed by atoms with Crippen molar-refractivity contribution in [3.8, 4) is 34.1 Å². The number of hydrogen-bond acceptors (Lipinski definition) is 3. The van der Waals surface area contributed by atoms with Gasteiger partial charge in [-0.25, -0.2) is 0 Å². The standard InChI is InChI=1S/C46H29NO2/c1-2-12-30(13-3-1)34-16-8-9-21-41(34)47(32-24-26-39-37-19-5-4-17-35(37)36-18-6-7-20-38(36)40(39)28-32)33-25-27-42-45(29-33)49-44-23-11-15-31-14-10-22-43(48-42)46(31)44/h1-29H. The lowest BCUT2D eigenvalue weighted by Crippen LogP contribution is -2.11. The van der Waals surface area contributed by atoms with Gasteiger partial charge in [-0.15, -0.1) is 0 Å².